The summed E-state index contributed by atoms with van der Waals surface area (Å²) >= 11 is 0. The molecule has 4 aliphatic heterocycles. The number of nitrogens with one attached hydrogen (secondary N) is 2. The third-order valence-corrected chi connectivity index (χ3v) is 10.9. The van der Waals surface area contributed by atoms with Gasteiger partial charge in [-0.15, -0.1) is 0 Å². The molecule has 0 saturated carbocycles. The van der Waals surface area contributed by atoms with E-state index in [1.165, 1.54) is 28.3 Å². The van der Waals surface area contributed by atoms with E-state index in [0.717, 1.165) is 18.4 Å². The van der Waals surface area contributed by atoms with Crippen molar-refractivity contribution < 1.29 is 54.2 Å². The molecule has 0 radical (unpaired) electrons. The lowest BCUT2D eigenvalue weighted by atomic mass is 9.72. The van der Waals surface area contributed by atoms with Crippen LogP contribution in [-0.2, 0) is 35.1 Å². The summed E-state index contributed by atoms with van der Waals surface area (Å²) < 4.78 is 6.19. The molecular weight excluding hydrogens is 654 g/mol. The summed E-state index contributed by atoms with van der Waals surface area (Å²) in [5, 5.41) is 48.6. The third kappa shape index (κ3) is 5.82. The molecule has 2 aromatic rings. The second kappa shape index (κ2) is 12.9. The highest BCUT2D eigenvalue weighted by Gasteiger charge is 2.70. The number of piperidine rings is 1. The summed E-state index contributed by atoms with van der Waals surface area (Å²) in [5.74, 6) is -6.54. The van der Waals surface area contributed by atoms with E-state index >= 15 is 0 Å². The van der Waals surface area contributed by atoms with Crippen LogP contribution in [0.3, 0.4) is 0 Å². The van der Waals surface area contributed by atoms with Crippen molar-refractivity contribution in [2.45, 2.75) is 101 Å². The molecule has 16 heteroatoms. The summed E-state index contributed by atoms with van der Waals surface area (Å²) in [5.41, 5.74) is 1.93. The van der Waals surface area contributed by atoms with Crippen LogP contribution in [-0.4, -0.2) is 137 Å². The molecule has 16 nitrogen and oxygen atoms in total. The van der Waals surface area contributed by atoms with Gasteiger partial charge in [0.1, 0.15) is 12.1 Å². The van der Waals surface area contributed by atoms with Gasteiger partial charge in [0.2, 0.25) is 17.5 Å². The number of aliphatic carboxylic acids is 2. The highest BCUT2D eigenvalue weighted by atomic mass is 16.7. The summed E-state index contributed by atoms with van der Waals surface area (Å²) in [6.07, 6.45) is 0.831. The minimum Gasteiger partial charge on any atom is -0.479 e. The molecule has 0 bridgehead atoms. The maximum atomic E-state index is 14.0. The molecule has 5 aliphatic rings. The van der Waals surface area contributed by atoms with Gasteiger partial charge >= 0.3 is 11.9 Å². The average Bonchev–Trinajstić information content (AvgIpc) is 3.76. The number of fused-ring (bicyclic) bond motifs is 5. The number of likely N-dealkylation sites (N-methyl/N-ethyl adjacent to an activating group) is 1. The van der Waals surface area contributed by atoms with Gasteiger partial charge in [0.05, 0.1) is 5.92 Å². The van der Waals surface area contributed by atoms with Crippen molar-refractivity contribution in [3.05, 3.63) is 35.5 Å². The molecule has 7 N–H and O–H groups in total. The lowest BCUT2D eigenvalue weighted by molar-refractivity contribution is -0.315. The number of carboxylic acid groups (broad SMARTS) is 2. The molecule has 1 aliphatic carbocycles. The van der Waals surface area contributed by atoms with Gasteiger partial charge in [0.15, 0.2) is 12.2 Å². The topological polar surface area (TPSA) is 233 Å². The first-order valence-electron chi connectivity index (χ1n) is 17.0. The van der Waals surface area contributed by atoms with Crippen LogP contribution in [0.1, 0.15) is 63.5 Å². The number of aromatic nitrogens is 1. The Morgan fingerprint density at radius 1 is 1.12 bits per heavy atom. The number of piperazine rings is 1. The van der Waals surface area contributed by atoms with Crippen molar-refractivity contribution in [1.82, 2.24) is 25.0 Å². The number of aliphatic hydroxyl groups excluding tert-OH is 2. The van der Waals surface area contributed by atoms with Crippen molar-refractivity contribution in [2.75, 3.05) is 20.1 Å². The maximum Gasteiger partial charge on any atom is 0.335 e. The van der Waals surface area contributed by atoms with E-state index in [-0.39, 0.29) is 29.6 Å². The number of ether oxygens (including phenoxy) is 1. The van der Waals surface area contributed by atoms with E-state index in [1.807, 2.05) is 13.8 Å². The lowest BCUT2D eigenvalue weighted by Gasteiger charge is -2.49. The largest absolute Gasteiger partial charge is 0.479 e. The second-order valence-corrected chi connectivity index (χ2v) is 14.7. The first-order chi connectivity index (χ1) is 23.5. The number of hydrogen-bond acceptors (Lipinski definition) is 10. The minimum atomic E-state index is -2.27. The number of likely N-dealkylation sites (tertiary alicyclic amines) is 1. The number of aromatic amines is 1. The molecule has 0 spiro atoms. The van der Waals surface area contributed by atoms with Gasteiger partial charge in [-0.1, -0.05) is 26.0 Å². The fraction of sp³-hybridized carbons (Fsp3) is 0.618. The molecular formula is C34H45N5O11. The van der Waals surface area contributed by atoms with Gasteiger partial charge in [-0.2, -0.15) is 0 Å². The molecule has 4 fully saturated rings. The quantitative estimate of drug-likeness (QED) is 0.199. The van der Waals surface area contributed by atoms with Crippen LogP contribution in [0, 0.1) is 11.8 Å². The summed E-state index contributed by atoms with van der Waals surface area (Å²) in [6.45, 7) is 6.58. The van der Waals surface area contributed by atoms with Gasteiger partial charge in [-0.05, 0) is 69.2 Å². The van der Waals surface area contributed by atoms with Crippen LogP contribution in [0.2, 0.25) is 0 Å². The Balaban J connectivity index is 0.000000379. The van der Waals surface area contributed by atoms with E-state index in [0.29, 0.717) is 38.4 Å². The Morgan fingerprint density at radius 3 is 2.44 bits per heavy atom. The van der Waals surface area contributed by atoms with Crippen LogP contribution in [0.5, 0.6) is 0 Å². The summed E-state index contributed by atoms with van der Waals surface area (Å²) in [6, 6.07) is 5.14. The zero-order valence-corrected chi connectivity index (χ0v) is 28.4. The third-order valence-electron chi connectivity index (χ3n) is 10.9. The average molecular weight is 700 g/mol. The van der Waals surface area contributed by atoms with E-state index in [9.17, 15) is 29.1 Å². The van der Waals surface area contributed by atoms with E-state index in [4.69, 9.17) is 25.2 Å². The molecule has 3 amide bonds. The molecule has 4 saturated heterocycles. The van der Waals surface area contributed by atoms with Crippen molar-refractivity contribution in [3.8, 4) is 0 Å². The fourth-order valence-corrected chi connectivity index (χ4v) is 8.56. The van der Waals surface area contributed by atoms with Gasteiger partial charge in [0.25, 0.3) is 11.8 Å². The normalized spacial score (nSPS) is 32.9. The standard InChI is InChI=1S/C30H39N5O5.C4H6O6/c1-16(2)11-23-27(37)34-10-6-9-24(34)30(39)35(23)28(38)29(3,40-30)32-26(36)18-12-20-19-7-5-8-21-25(19)17(14-31-21)13-22(20)33(4)15-18;5-1(3(7)8)2(6)4(9)10/h5,7-8,14,16,18,20,22-24,31,39H,6,9-13,15H2,1-4H3,(H,32,36);1-2,5-6H,(H,7,8)(H,9,10)/t18-,20-,22-,23+,24+,29-,30+;1-,2-/m11/s1. The minimum absolute atomic E-state index is 0.123. The van der Waals surface area contributed by atoms with Gasteiger partial charge < -0.3 is 45.6 Å². The summed E-state index contributed by atoms with van der Waals surface area (Å²) in [7, 11) is 2.06. The molecule has 9 atom stereocenters. The maximum absolute atomic E-state index is 14.0. The van der Waals surface area contributed by atoms with Crippen LogP contribution in [0.4, 0.5) is 0 Å². The van der Waals surface area contributed by atoms with Crippen LogP contribution in [0.25, 0.3) is 10.9 Å². The summed E-state index contributed by atoms with van der Waals surface area (Å²) in [4.78, 5) is 69.4. The van der Waals surface area contributed by atoms with E-state index < -0.39 is 53.8 Å². The highest BCUT2D eigenvalue weighted by Crippen LogP contribution is 2.47. The lowest BCUT2D eigenvalue weighted by Crippen LogP contribution is -2.71. The Bertz CT molecular complexity index is 1690. The number of nitrogens with zero attached hydrogens (tertiary/aromatic N) is 3. The molecule has 7 rings (SSSR count). The molecule has 1 aromatic carbocycles. The van der Waals surface area contributed by atoms with Crippen molar-refractivity contribution in [2.24, 2.45) is 11.8 Å². The number of amides is 3. The molecule has 50 heavy (non-hydrogen) atoms. The predicted molar refractivity (Wildman–Crippen MR) is 174 cm³/mol. The highest BCUT2D eigenvalue weighted by molar-refractivity contribution is 5.97. The van der Waals surface area contributed by atoms with Crippen LogP contribution < -0.4 is 5.32 Å². The number of carbonyl (C=O) groups excluding carboxylic acids is 3. The molecule has 5 heterocycles. The number of benzene rings is 1. The predicted octanol–water partition coefficient (Wildman–Crippen LogP) is -0.238. The van der Waals surface area contributed by atoms with Gasteiger partial charge in [-0.3, -0.25) is 24.0 Å². The van der Waals surface area contributed by atoms with E-state index in [1.54, 1.807) is 4.90 Å². The van der Waals surface area contributed by atoms with Gasteiger partial charge in [0, 0.05) is 42.1 Å². The van der Waals surface area contributed by atoms with Crippen molar-refractivity contribution >= 4 is 40.6 Å². The number of aliphatic hydroxyl groups is 3. The van der Waals surface area contributed by atoms with Crippen LogP contribution in [0.15, 0.2) is 24.4 Å². The first kappa shape index (κ1) is 35.7. The number of carbonyl (C=O) groups is 5. The SMILES string of the molecule is CC(C)C[C@H]1C(=O)N2CCC[C@H]2[C@]2(O)O[C@@](C)(NC(=O)[C@@H]3C[C@@H]4c5cccc6[nH]cc(c56)C[C@H]4N(C)C3)C(=O)N12.O=C(O)[C@H](O)[C@@H](O)C(=O)O. The number of rotatable bonds is 7. The Hall–Kier alpha value is -4.09. The smallest absolute Gasteiger partial charge is 0.335 e. The second-order valence-electron chi connectivity index (χ2n) is 14.7. The monoisotopic (exact) mass is 699 g/mol. The Morgan fingerprint density at radius 2 is 1.80 bits per heavy atom. The van der Waals surface area contributed by atoms with Crippen molar-refractivity contribution in [3.63, 3.8) is 0 Å². The van der Waals surface area contributed by atoms with E-state index in [2.05, 4.69) is 46.6 Å². The Kier molecular flexibility index (Phi) is 9.22. The zero-order valence-electron chi connectivity index (χ0n) is 28.4. The molecule has 1 aromatic heterocycles. The van der Waals surface area contributed by atoms with Gasteiger partial charge in [-0.25, -0.2) is 9.59 Å². The van der Waals surface area contributed by atoms with Crippen LogP contribution >= 0.6 is 0 Å². The number of hydrogen-bond donors (Lipinski definition) is 7. The zero-order chi connectivity index (χ0) is 36.4. The first-order valence-corrected chi connectivity index (χ1v) is 17.0. The molecule has 272 valence electrons. The Labute approximate surface area is 288 Å². The number of H-pyrrole nitrogens is 1. The number of carboxylic acids is 2. The fourth-order valence-electron chi connectivity index (χ4n) is 8.56. The van der Waals surface area contributed by atoms with Crippen molar-refractivity contribution in [1.29, 1.82) is 0 Å². The molecule has 0 unspecified atom stereocenters.